The quantitative estimate of drug-likeness (QED) is 0.643. The molecule has 0 spiro atoms. The third kappa shape index (κ3) is 4.67. The van der Waals surface area contributed by atoms with Crippen LogP contribution in [0.1, 0.15) is 28.8 Å². The summed E-state index contributed by atoms with van der Waals surface area (Å²) in [5, 5.41) is 3.31. The second kappa shape index (κ2) is 8.26. The Morgan fingerprint density at radius 1 is 1.46 bits per heavy atom. The van der Waals surface area contributed by atoms with Gasteiger partial charge in [0, 0.05) is 19.2 Å². The lowest BCUT2D eigenvalue weighted by atomic mass is 9.99. The van der Waals surface area contributed by atoms with Gasteiger partial charge in [0.1, 0.15) is 0 Å². The van der Waals surface area contributed by atoms with Crippen LogP contribution in [0.4, 0.5) is 0 Å². The molecule has 1 atom stereocenters. The molecule has 1 saturated heterocycles. The summed E-state index contributed by atoms with van der Waals surface area (Å²) >= 11 is 0. The zero-order valence-corrected chi connectivity index (χ0v) is 15.4. The van der Waals surface area contributed by atoms with E-state index in [4.69, 9.17) is 10.5 Å². The first-order valence-electron chi connectivity index (χ1n) is 7.44. The van der Waals surface area contributed by atoms with Crippen LogP contribution in [0.3, 0.4) is 0 Å². The summed E-state index contributed by atoms with van der Waals surface area (Å²) in [5.74, 6) is -0.645. The Labute approximate surface area is 148 Å². The Bertz CT molecular complexity index is 688. The number of rotatable bonds is 7. The molecule has 0 radical (unpaired) electrons. The Morgan fingerprint density at radius 2 is 2.17 bits per heavy atom. The van der Waals surface area contributed by atoms with Crippen molar-refractivity contribution in [1.82, 2.24) is 10.0 Å². The van der Waals surface area contributed by atoms with E-state index in [1.165, 1.54) is 12.1 Å². The summed E-state index contributed by atoms with van der Waals surface area (Å²) < 4.78 is 32.8. The fourth-order valence-corrected chi connectivity index (χ4v) is 3.97. The average Bonchev–Trinajstić information content (AvgIpc) is 2.95. The highest BCUT2D eigenvalue weighted by molar-refractivity contribution is 7.89. The Kier molecular flexibility index (Phi) is 7.18. The van der Waals surface area contributed by atoms with Crippen molar-refractivity contribution in [3.05, 3.63) is 29.3 Å². The summed E-state index contributed by atoms with van der Waals surface area (Å²) in [7, 11) is -2.14. The topological polar surface area (TPSA) is 111 Å². The summed E-state index contributed by atoms with van der Waals surface area (Å²) in [5.41, 5.74) is 5.74. The molecule has 9 heteroatoms. The highest BCUT2D eigenvalue weighted by atomic mass is 35.5. The molecule has 4 N–H and O–H groups in total. The number of methoxy groups -OCH3 is 1. The third-order valence-electron chi connectivity index (χ3n) is 4.14. The second-order valence-corrected chi connectivity index (χ2v) is 7.68. The number of ether oxygens (including phenoxy) is 1. The van der Waals surface area contributed by atoms with Crippen LogP contribution in [0.25, 0.3) is 0 Å². The lowest BCUT2D eigenvalue weighted by Crippen LogP contribution is -2.52. The first-order chi connectivity index (χ1) is 10.8. The van der Waals surface area contributed by atoms with Crippen molar-refractivity contribution in [1.29, 1.82) is 0 Å². The fraction of sp³-hybridized carbons (Fsp3) is 0.533. The van der Waals surface area contributed by atoms with E-state index in [1.54, 1.807) is 20.1 Å². The Balaban J connectivity index is 0.00000288. The summed E-state index contributed by atoms with van der Waals surface area (Å²) in [4.78, 5) is 11.4. The number of hydrogen-bond acceptors (Lipinski definition) is 5. The maximum absolute atomic E-state index is 12.5. The zero-order chi connectivity index (χ0) is 17.1. The van der Waals surface area contributed by atoms with E-state index in [1.807, 2.05) is 0 Å². The van der Waals surface area contributed by atoms with Crippen molar-refractivity contribution < 1.29 is 17.9 Å². The number of halogens is 1. The lowest BCUT2D eigenvalue weighted by molar-refractivity contribution is 0.0999. The Morgan fingerprint density at radius 3 is 2.71 bits per heavy atom. The third-order valence-corrected chi connectivity index (χ3v) is 5.54. The van der Waals surface area contributed by atoms with Crippen LogP contribution >= 0.6 is 12.4 Å². The van der Waals surface area contributed by atoms with Crippen LogP contribution in [-0.4, -0.2) is 46.7 Å². The minimum absolute atomic E-state index is 0. The summed E-state index contributed by atoms with van der Waals surface area (Å²) in [6.07, 6.45) is 1.81. The molecule has 1 amide bonds. The molecule has 0 aliphatic carbocycles. The summed E-state index contributed by atoms with van der Waals surface area (Å²) in [6.45, 7) is 3.19. The van der Waals surface area contributed by atoms with Gasteiger partial charge in [-0.2, -0.15) is 0 Å². The number of carbonyl (C=O) groups excluding carboxylic acids is 1. The van der Waals surface area contributed by atoms with Crippen molar-refractivity contribution in [2.45, 2.75) is 30.2 Å². The van der Waals surface area contributed by atoms with Crippen LogP contribution in [0.15, 0.2) is 23.1 Å². The molecular weight excluding hydrogens is 354 g/mol. The monoisotopic (exact) mass is 377 g/mol. The SMILES string of the molecule is COCC1(CNS(=O)(=O)c2ccc(C)c(C(N)=O)c2)CCCN1.Cl. The van der Waals surface area contributed by atoms with E-state index in [9.17, 15) is 13.2 Å². The molecule has 1 aromatic carbocycles. The molecule has 1 fully saturated rings. The first-order valence-corrected chi connectivity index (χ1v) is 8.92. The smallest absolute Gasteiger partial charge is 0.249 e. The Hall–Kier alpha value is -1.19. The molecule has 1 heterocycles. The highest BCUT2D eigenvalue weighted by Gasteiger charge is 2.34. The molecule has 1 unspecified atom stereocenters. The van der Waals surface area contributed by atoms with Crippen LogP contribution in [0, 0.1) is 6.92 Å². The number of nitrogens with two attached hydrogens (primary N) is 1. The normalized spacial score (nSPS) is 20.6. The number of aryl methyl sites for hydroxylation is 1. The standard InChI is InChI=1S/C15H23N3O4S.ClH/c1-11-4-5-12(8-13(11)14(16)19)23(20,21)18-9-15(10-22-2)6-3-7-17-15;/h4-5,8,17-18H,3,6-7,9-10H2,1-2H3,(H2,16,19);1H. The van der Waals surface area contributed by atoms with E-state index >= 15 is 0 Å². The van der Waals surface area contributed by atoms with Crippen LogP contribution in [0.5, 0.6) is 0 Å². The van der Waals surface area contributed by atoms with Crippen LogP contribution < -0.4 is 15.8 Å². The van der Waals surface area contributed by atoms with Gasteiger partial charge in [-0.25, -0.2) is 13.1 Å². The van der Waals surface area contributed by atoms with Crippen molar-refractivity contribution in [3.63, 3.8) is 0 Å². The van der Waals surface area contributed by atoms with Gasteiger partial charge in [0.15, 0.2) is 0 Å². The van der Waals surface area contributed by atoms with Gasteiger partial charge in [-0.15, -0.1) is 12.4 Å². The number of carbonyl (C=O) groups is 1. The zero-order valence-electron chi connectivity index (χ0n) is 13.8. The molecule has 1 aliphatic heterocycles. The van der Waals surface area contributed by atoms with Gasteiger partial charge in [-0.1, -0.05) is 6.07 Å². The molecule has 1 aliphatic rings. The number of primary amides is 1. The van der Waals surface area contributed by atoms with Crippen LogP contribution in [-0.2, 0) is 14.8 Å². The molecule has 136 valence electrons. The predicted octanol–water partition coefficient (Wildman–Crippen LogP) is 0.563. The average molecular weight is 378 g/mol. The van der Waals surface area contributed by atoms with E-state index in [-0.39, 0.29) is 34.9 Å². The molecule has 2 rings (SSSR count). The van der Waals surface area contributed by atoms with Gasteiger partial charge < -0.3 is 15.8 Å². The van der Waals surface area contributed by atoms with E-state index < -0.39 is 15.9 Å². The highest BCUT2D eigenvalue weighted by Crippen LogP contribution is 2.21. The molecular formula is C15H24ClN3O4S. The van der Waals surface area contributed by atoms with Gasteiger partial charge in [-0.3, -0.25) is 4.79 Å². The number of amides is 1. The van der Waals surface area contributed by atoms with Gasteiger partial charge >= 0.3 is 0 Å². The minimum atomic E-state index is -3.73. The van der Waals surface area contributed by atoms with Crippen molar-refractivity contribution in [2.24, 2.45) is 5.73 Å². The van der Waals surface area contributed by atoms with Crippen LogP contribution in [0.2, 0.25) is 0 Å². The van der Waals surface area contributed by atoms with Crippen molar-refractivity contribution >= 4 is 28.3 Å². The van der Waals surface area contributed by atoms with Gasteiger partial charge in [0.05, 0.1) is 17.0 Å². The molecule has 1 aromatic rings. The maximum Gasteiger partial charge on any atom is 0.249 e. The molecule has 0 saturated carbocycles. The van der Waals surface area contributed by atoms with Gasteiger partial charge in [-0.05, 0) is 44.0 Å². The van der Waals surface area contributed by atoms with Gasteiger partial charge in [0.2, 0.25) is 15.9 Å². The fourth-order valence-electron chi connectivity index (χ4n) is 2.82. The van der Waals surface area contributed by atoms with Gasteiger partial charge in [0.25, 0.3) is 0 Å². The van der Waals surface area contributed by atoms with Crippen molar-refractivity contribution in [2.75, 3.05) is 26.8 Å². The lowest BCUT2D eigenvalue weighted by Gasteiger charge is -2.28. The molecule has 0 aromatic heterocycles. The number of hydrogen-bond donors (Lipinski definition) is 3. The summed E-state index contributed by atoms with van der Waals surface area (Å²) in [6, 6.07) is 4.35. The molecule has 7 nitrogen and oxygen atoms in total. The molecule has 0 bridgehead atoms. The number of nitrogens with one attached hydrogen (secondary N) is 2. The first kappa shape index (κ1) is 20.9. The number of sulfonamides is 1. The number of benzene rings is 1. The van der Waals surface area contributed by atoms with E-state index in [0.717, 1.165) is 19.4 Å². The second-order valence-electron chi connectivity index (χ2n) is 5.91. The molecule has 24 heavy (non-hydrogen) atoms. The predicted molar refractivity (Wildman–Crippen MR) is 94.0 cm³/mol. The van der Waals surface area contributed by atoms with Crippen molar-refractivity contribution in [3.8, 4) is 0 Å². The largest absolute Gasteiger partial charge is 0.383 e. The maximum atomic E-state index is 12.5. The van der Waals surface area contributed by atoms with E-state index in [2.05, 4.69) is 10.0 Å². The van der Waals surface area contributed by atoms with E-state index in [0.29, 0.717) is 12.2 Å². The minimum Gasteiger partial charge on any atom is -0.383 e.